The molecular weight excluding hydrogens is 291 g/mol. The molecule has 1 rings (SSSR count). The highest BCUT2D eigenvalue weighted by Crippen LogP contribution is 2.24. The molecule has 2 N–H and O–H groups in total. The first-order valence-corrected chi connectivity index (χ1v) is 6.05. The predicted molar refractivity (Wildman–Crippen MR) is 69.8 cm³/mol. The second-order valence-electron chi connectivity index (χ2n) is 4.37. The molecule has 0 saturated heterocycles. The Morgan fingerprint density at radius 2 is 2.05 bits per heavy atom. The number of nitro groups is 1. The van der Waals surface area contributed by atoms with Gasteiger partial charge in [0.2, 0.25) is 0 Å². The number of nitrogen functional groups attached to an aromatic ring is 1. The predicted octanol–water partition coefficient (Wildman–Crippen LogP) is 2.59. The summed E-state index contributed by atoms with van der Waals surface area (Å²) in [6, 6.07) is 3.18. The van der Waals surface area contributed by atoms with Gasteiger partial charge in [-0.2, -0.15) is 13.2 Å². The highest BCUT2D eigenvalue weighted by Gasteiger charge is 2.33. The van der Waals surface area contributed by atoms with Crippen molar-refractivity contribution in [2.24, 2.45) is 0 Å². The number of benzene rings is 1. The topological polar surface area (TPSA) is 89.5 Å². The Hall–Kier alpha value is -2.32. The Labute approximate surface area is 118 Å². The summed E-state index contributed by atoms with van der Waals surface area (Å²) in [4.78, 5) is 22.6. The number of carbonyl (C=O) groups excluding carboxylic acids is 1. The van der Waals surface area contributed by atoms with Crippen molar-refractivity contribution >= 4 is 17.3 Å². The molecule has 116 valence electrons. The first-order chi connectivity index (χ1) is 9.65. The van der Waals surface area contributed by atoms with Gasteiger partial charge >= 0.3 is 6.18 Å². The first-order valence-electron chi connectivity index (χ1n) is 6.05. The third-order valence-corrected chi connectivity index (χ3v) is 2.62. The number of halogens is 3. The largest absolute Gasteiger partial charge is 0.406 e. The van der Waals surface area contributed by atoms with Crippen molar-refractivity contribution < 1.29 is 22.9 Å². The lowest BCUT2D eigenvalue weighted by Gasteiger charge is -2.23. The second-order valence-corrected chi connectivity index (χ2v) is 4.37. The minimum Gasteiger partial charge on any atom is -0.393 e. The minimum atomic E-state index is -4.54. The zero-order valence-corrected chi connectivity index (χ0v) is 11.2. The quantitative estimate of drug-likeness (QED) is 0.514. The molecule has 0 aliphatic carbocycles. The highest BCUT2D eigenvalue weighted by molar-refractivity contribution is 5.95. The standard InChI is InChI=1S/C12H14F3N3O3/c1-2-5-17(7-12(13,14)15)11(19)8-3-4-9(16)10(6-8)18(20)21/h3-4,6H,2,5,7,16H2,1H3. The van der Waals surface area contributed by atoms with E-state index in [4.69, 9.17) is 5.73 Å². The lowest BCUT2D eigenvalue weighted by Crippen LogP contribution is -2.39. The van der Waals surface area contributed by atoms with Crippen LogP contribution in [0.25, 0.3) is 0 Å². The van der Waals surface area contributed by atoms with Crippen LogP contribution in [0.5, 0.6) is 0 Å². The number of anilines is 1. The van der Waals surface area contributed by atoms with Crippen LogP contribution in [0.1, 0.15) is 23.7 Å². The summed E-state index contributed by atoms with van der Waals surface area (Å²) >= 11 is 0. The van der Waals surface area contributed by atoms with E-state index < -0.39 is 29.2 Å². The summed E-state index contributed by atoms with van der Waals surface area (Å²) in [5.74, 6) is -0.919. The van der Waals surface area contributed by atoms with E-state index >= 15 is 0 Å². The number of carbonyl (C=O) groups is 1. The third kappa shape index (κ3) is 4.62. The summed E-state index contributed by atoms with van der Waals surface area (Å²) in [5.41, 5.74) is 4.51. The van der Waals surface area contributed by atoms with Crippen LogP contribution in [0.4, 0.5) is 24.5 Å². The average molecular weight is 305 g/mol. The molecule has 0 radical (unpaired) electrons. The van der Waals surface area contributed by atoms with Gasteiger partial charge in [0.25, 0.3) is 11.6 Å². The summed E-state index contributed by atoms with van der Waals surface area (Å²) in [6.45, 7) is 0.121. The van der Waals surface area contributed by atoms with Gasteiger partial charge in [0.1, 0.15) is 12.2 Å². The van der Waals surface area contributed by atoms with E-state index in [9.17, 15) is 28.1 Å². The van der Waals surface area contributed by atoms with E-state index in [1.165, 1.54) is 6.07 Å². The number of hydrogen-bond acceptors (Lipinski definition) is 4. The molecule has 1 amide bonds. The fourth-order valence-corrected chi connectivity index (χ4v) is 1.76. The van der Waals surface area contributed by atoms with Crippen LogP contribution >= 0.6 is 0 Å². The van der Waals surface area contributed by atoms with E-state index in [1.54, 1.807) is 6.92 Å². The SMILES string of the molecule is CCCN(CC(F)(F)F)C(=O)c1ccc(N)c([N+](=O)[O-])c1. The number of nitro benzene ring substituents is 1. The van der Waals surface area contributed by atoms with Crippen molar-refractivity contribution in [3.63, 3.8) is 0 Å². The normalized spacial score (nSPS) is 11.2. The number of hydrogen-bond donors (Lipinski definition) is 1. The fraction of sp³-hybridized carbons (Fsp3) is 0.417. The van der Waals surface area contributed by atoms with E-state index in [0.717, 1.165) is 12.1 Å². The molecule has 0 aliphatic heterocycles. The van der Waals surface area contributed by atoms with E-state index in [2.05, 4.69) is 0 Å². The number of alkyl halides is 3. The van der Waals surface area contributed by atoms with Crippen LogP contribution in [0.15, 0.2) is 18.2 Å². The molecule has 0 saturated carbocycles. The highest BCUT2D eigenvalue weighted by atomic mass is 19.4. The zero-order chi connectivity index (χ0) is 16.2. The smallest absolute Gasteiger partial charge is 0.393 e. The molecule has 21 heavy (non-hydrogen) atoms. The molecule has 0 aromatic heterocycles. The monoisotopic (exact) mass is 305 g/mol. The summed E-state index contributed by atoms with van der Waals surface area (Å²) in [6.07, 6.45) is -4.20. The zero-order valence-electron chi connectivity index (χ0n) is 11.2. The maximum atomic E-state index is 12.5. The van der Waals surface area contributed by atoms with Gasteiger partial charge in [0, 0.05) is 18.2 Å². The third-order valence-electron chi connectivity index (χ3n) is 2.62. The van der Waals surface area contributed by atoms with E-state index in [0.29, 0.717) is 11.3 Å². The van der Waals surface area contributed by atoms with Crippen LogP contribution in [0.3, 0.4) is 0 Å². The van der Waals surface area contributed by atoms with Gasteiger partial charge < -0.3 is 10.6 Å². The Morgan fingerprint density at radius 1 is 1.43 bits per heavy atom. The molecule has 0 spiro atoms. The van der Waals surface area contributed by atoms with Gasteiger partial charge in [-0.25, -0.2) is 0 Å². The summed E-state index contributed by atoms with van der Waals surface area (Å²) in [5, 5.41) is 10.7. The Morgan fingerprint density at radius 3 is 2.52 bits per heavy atom. The van der Waals surface area contributed by atoms with Crippen molar-refractivity contribution in [1.82, 2.24) is 4.90 Å². The molecule has 0 unspecified atom stereocenters. The van der Waals surface area contributed by atoms with Crippen molar-refractivity contribution in [2.45, 2.75) is 19.5 Å². The fourth-order valence-electron chi connectivity index (χ4n) is 1.76. The van der Waals surface area contributed by atoms with Gasteiger partial charge in [0.05, 0.1) is 4.92 Å². The van der Waals surface area contributed by atoms with Crippen LogP contribution in [0, 0.1) is 10.1 Å². The van der Waals surface area contributed by atoms with Crippen LogP contribution in [0.2, 0.25) is 0 Å². The van der Waals surface area contributed by atoms with Gasteiger partial charge in [-0.3, -0.25) is 14.9 Å². The van der Waals surface area contributed by atoms with Gasteiger partial charge in [-0.05, 0) is 18.6 Å². The number of amides is 1. The molecule has 0 aliphatic rings. The molecule has 6 nitrogen and oxygen atoms in total. The second kappa shape index (κ2) is 6.42. The molecule has 9 heteroatoms. The van der Waals surface area contributed by atoms with Gasteiger partial charge in [-0.15, -0.1) is 0 Å². The maximum absolute atomic E-state index is 12.5. The Kier molecular flexibility index (Phi) is 5.12. The van der Waals surface area contributed by atoms with Gasteiger partial charge in [-0.1, -0.05) is 6.92 Å². The average Bonchev–Trinajstić information content (AvgIpc) is 2.36. The first kappa shape index (κ1) is 16.7. The minimum absolute atomic E-state index is 0.101. The molecule has 0 fully saturated rings. The lowest BCUT2D eigenvalue weighted by atomic mass is 10.1. The van der Waals surface area contributed by atoms with Gasteiger partial charge in [0.15, 0.2) is 0 Å². The lowest BCUT2D eigenvalue weighted by molar-refractivity contribution is -0.383. The number of rotatable bonds is 5. The van der Waals surface area contributed by atoms with E-state index in [1.807, 2.05) is 0 Å². The maximum Gasteiger partial charge on any atom is 0.406 e. The van der Waals surface area contributed by atoms with Crippen LogP contribution < -0.4 is 5.73 Å². The van der Waals surface area contributed by atoms with E-state index in [-0.39, 0.29) is 17.8 Å². The van der Waals surface area contributed by atoms with Crippen LogP contribution in [-0.2, 0) is 0 Å². The molecule has 0 bridgehead atoms. The Balaban J connectivity index is 3.09. The number of nitrogens with two attached hydrogens (primary N) is 1. The molecule has 1 aromatic carbocycles. The van der Waals surface area contributed by atoms with Crippen LogP contribution in [-0.4, -0.2) is 35.0 Å². The Bertz CT molecular complexity index is 546. The van der Waals surface area contributed by atoms with Crippen molar-refractivity contribution in [2.75, 3.05) is 18.8 Å². The molecule has 1 aromatic rings. The number of nitrogens with zero attached hydrogens (tertiary/aromatic N) is 2. The van der Waals surface area contributed by atoms with Crippen molar-refractivity contribution in [3.8, 4) is 0 Å². The summed E-state index contributed by atoms with van der Waals surface area (Å²) < 4.78 is 37.4. The molecule has 0 atom stereocenters. The molecule has 0 heterocycles. The van der Waals surface area contributed by atoms with Crippen molar-refractivity contribution in [1.29, 1.82) is 0 Å². The molecular formula is C12H14F3N3O3. The summed E-state index contributed by atoms with van der Waals surface area (Å²) in [7, 11) is 0. The van der Waals surface area contributed by atoms with Crippen molar-refractivity contribution in [3.05, 3.63) is 33.9 Å².